The van der Waals surface area contributed by atoms with Crippen molar-refractivity contribution in [1.29, 1.82) is 0 Å². The Morgan fingerprint density at radius 2 is 1.86 bits per heavy atom. The molecule has 0 fully saturated rings. The highest BCUT2D eigenvalue weighted by atomic mass is 16.6. The van der Waals surface area contributed by atoms with Crippen LogP contribution in [0.3, 0.4) is 0 Å². The molecule has 0 radical (unpaired) electrons. The lowest BCUT2D eigenvalue weighted by molar-refractivity contribution is -0.189. The third kappa shape index (κ3) is 5.51. The Hall–Kier alpha value is -5.11. The molecule has 0 saturated heterocycles. The third-order valence-electron chi connectivity index (χ3n) is 7.94. The minimum Gasteiger partial charge on any atom is -0.480 e. The molecule has 1 amide bonds. The Kier molecular flexibility index (Phi) is 8.19. The van der Waals surface area contributed by atoms with Crippen LogP contribution in [0.2, 0.25) is 0 Å². The smallest absolute Gasteiger partial charge is 0.355 e. The van der Waals surface area contributed by atoms with Gasteiger partial charge in [-0.05, 0) is 37.5 Å². The summed E-state index contributed by atoms with van der Waals surface area (Å²) in [4.78, 5) is 79.5. The Labute approximate surface area is 249 Å². The second-order valence-electron chi connectivity index (χ2n) is 10.7. The standard InChI is InChI=1S/C30H30N4O10/c1-2-30(44-24(36)10-8-21(28(40)41)32-23(35)9-7-19(31)27(38)39)18-12-22-25-16(11-15-5-3-4-6-20(15)33-25)13-34(22)26(37)17(18)14-43-29(30)42/h3-6,11-12,19,21H,2,7-10,13-14,31H2,1H3,(H,32,35)(H,38,39)(H,40,41)/t19-,21?,30-/m0/s1. The van der Waals surface area contributed by atoms with Crippen molar-refractivity contribution in [2.75, 3.05) is 0 Å². The van der Waals surface area contributed by atoms with E-state index < -0.39 is 59.4 Å². The number of nitrogens with two attached hydrogens (primary N) is 1. The number of cyclic esters (lactones) is 1. The summed E-state index contributed by atoms with van der Waals surface area (Å²) in [5.74, 6) is -5.30. The Morgan fingerprint density at radius 1 is 1.11 bits per heavy atom. The van der Waals surface area contributed by atoms with Crippen molar-refractivity contribution in [3.63, 3.8) is 0 Å². The number of aromatic nitrogens is 2. The van der Waals surface area contributed by atoms with Gasteiger partial charge in [-0.1, -0.05) is 25.1 Å². The van der Waals surface area contributed by atoms with Crippen LogP contribution in [0.4, 0.5) is 0 Å². The van der Waals surface area contributed by atoms with Crippen LogP contribution in [-0.2, 0) is 52.2 Å². The topological polar surface area (TPSA) is 217 Å². The van der Waals surface area contributed by atoms with Gasteiger partial charge in [-0.2, -0.15) is 0 Å². The number of carboxylic acids is 2. The lowest BCUT2D eigenvalue weighted by Gasteiger charge is -2.35. The Bertz CT molecular complexity index is 1770. The van der Waals surface area contributed by atoms with Crippen LogP contribution in [0, 0.1) is 0 Å². The number of pyridine rings is 2. The molecule has 2 aliphatic rings. The van der Waals surface area contributed by atoms with Crippen LogP contribution in [0.15, 0.2) is 41.2 Å². The highest BCUT2D eigenvalue weighted by Gasteiger charge is 2.50. The predicted octanol–water partition coefficient (Wildman–Crippen LogP) is 1.17. The van der Waals surface area contributed by atoms with Crippen molar-refractivity contribution in [2.45, 2.75) is 69.9 Å². The number of para-hydroxylation sites is 1. The lowest BCUT2D eigenvalue weighted by Crippen LogP contribution is -2.48. The molecule has 14 heteroatoms. The fraction of sp³-hybridized carbons (Fsp3) is 0.367. The molecule has 5 N–H and O–H groups in total. The van der Waals surface area contributed by atoms with E-state index in [-0.39, 0.29) is 50.0 Å². The number of hydrogen-bond acceptors (Lipinski definition) is 10. The van der Waals surface area contributed by atoms with E-state index in [0.29, 0.717) is 11.4 Å². The maximum atomic E-state index is 13.6. The molecule has 3 atom stereocenters. The van der Waals surface area contributed by atoms with Crippen LogP contribution in [-0.4, -0.2) is 61.6 Å². The number of carboxylic acid groups (broad SMARTS) is 2. The fourth-order valence-electron chi connectivity index (χ4n) is 5.52. The zero-order valence-electron chi connectivity index (χ0n) is 23.7. The average Bonchev–Trinajstić information content (AvgIpc) is 3.35. The molecule has 0 spiro atoms. The molecule has 0 aliphatic carbocycles. The van der Waals surface area contributed by atoms with Crippen LogP contribution in [0.5, 0.6) is 0 Å². The van der Waals surface area contributed by atoms with Gasteiger partial charge in [-0.25, -0.2) is 14.6 Å². The first-order chi connectivity index (χ1) is 20.9. The summed E-state index contributed by atoms with van der Waals surface area (Å²) < 4.78 is 12.6. The molecule has 230 valence electrons. The molecule has 0 bridgehead atoms. The zero-order valence-corrected chi connectivity index (χ0v) is 23.7. The SMILES string of the molecule is CC[C@@]1(OC(=O)CCC(NC(=O)CC[C@H](N)C(=O)O)C(=O)O)C(=O)OCc2c1cc1n(c2=O)Cc2cc3ccccc3nc2-1. The van der Waals surface area contributed by atoms with Crippen molar-refractivity contribution in [2.24, 2.45) is 5.73 Å². The van der Waals surface area contributed by atoms with Gasteiger partial charge < -0.3 is 35.3 Å². The summed E-state index contributed by atoms with van der Waals surface area (Å²) in [6, 6.07) is 8.31. The molecule has 2 aliphatic heterocycles. The molecule has 1 unspecified atom stereocenters. The maximum absolute atomic E-state index is 13.6. The molecular formula is C30H30N4O10. The van der Waals surface area contributed by atoms with Crippen LogP contribution in [0.1, 0.15) is 55.7 Å². The number of nitrogens with one attached hydrogen (secondary N) is 1. The highest BCUT2D eigenvalue weighted by molar-refractivity contribution is 5.89. The number of rotatable bonds is 11. The van der Waals surface area contributed by atoms with E-state index in [0.717, 1.165) is 16.5 Å². The van der Waals surface area contributed by atoms with Crippen molar-refractivity contribution >= 4 is 40.7 Å². The number of carbonyl (C=O) groups excluding carboxylic acids is 3. The second kappa shape index (κ2) is 11.9. The molecular weight excluding hydrogens is 576 g/mol. The number of ether oxygens (including phenoxy) is 2. The summed E-state index contributed by atoms with van der Waals surface area (Å²) in [5.41, 5.74) is 5.94. The van der Waals surface area contributed by atoms with Gasteiger partial charge in [0, 0.05) is 29.4 Å². The van der Waals surface area contributed by atoms with Crippen LogP contribution < -0.4 is 16.6 Å². The lowest BCUT2D eigenvalue weighted by atomic mass is 9.85. The molecule has 44 heavy (non-hydrogen) atoms. The molecule has 1 aromatic carbocycles. The van der Waals surface area contributed by atoms with Gasteiger partial charge in [0.15, 0.2) is 0 Å². The first-order valence-corrected chi connectivity index (χ1v) is 14.0. The third-order valence-corrected chi connectivity index (χ3v) is 7.94. The number of carbonyl (C=O) groups is 5. The summed E-state index contributed by atoms with van der Waals surface area (Å²) >= 11 is 0. The average molecular weight is 607 g/mol. The number of esters is 2. The van der Waals surface area contributed by atoms with E-state index in [2.05, 4.69) is 5.32 Å². The van der Waals surface area contributed by atoms with Crippen molar-refractivity contribution in [1.82, 2.24) is 14.9 Å². The number of amides is 1. The van der Waals surface area contributed by atoms with E-state index >= 15 is 0 Å². The van der Waals surface area contributed by atoms with Gasteiger partial charge in [-0.15, -0.1) is 0 Å². The molecule has 2 aromatic heterocycles. The second-order valence-corrected chi connectivity index (χ2v) is 10.7. The first kappa shape index (κ1) is 30.4. The Morgan fingerprint density at radius 3 is 2.57 bits per heavy atom. The zero-order chi connectivity index (χ0) is 31.8. The van der Waals surface area contributed by atoms with E-state index in [9.17, 15) is 33.9 Å². The normalized spacial score (nSPS) is 17.9. The molecule has 0 saturated carbocycles. The van der Waals surface area contributed by atoms with Crippen molar-refractivity contribution in [3.8, 4) is 11.4 Å². The number of fused-ring (bicyclic) bond motifs is 5. The largest absolute Gasteiger partial charge is 0.480 e. The van der Waals surface area contributed by atoms with Gasteiger partial charge in [0.25, 0.3) is 5.56 Å². The van der Waals surface area contributed by atoms with Gasteiger partial charge >= 0.3 is 23.9 Å². The van der Waals surface area contributed by atoms with Crippen molar-refractivity contribution < 1.29 is 43.7 Å². The molecule has 14 nitrogen and oxygen atoms in total. The first-order valence-electron chi connectivity index (χ1n) is 14.0. The van der Waals surface area contributed by atoms with E-state index in [1.165, 1.54) is 0 Å². The summed E-state index contributed by atoms with van der Waals surface area (Å²) in [5, 5.41) is 21.6. The molecule has 4 heterocycles. The van der Waals surface area contributed by atoms with Gasteiger partial charge in [0.2, 0.25) is 11.5 Å². The highest BCUT2D eigenvalue weighted by Crippen LogP contribution is 2.41. The van der Waals surface area contributed by atoms with E-state index in [1.807, 2.05) is 30.3 Å². The predicted molar refractivity (Wildman–Crippen MR) is 152 cm³/mol. The van der Waals surface area contributed by atoms with Gasteiger partial charge in [0.05, 0.1) is 29.0 Å². The summed E-state index contributed by atoms with van der Waals surface area (Å²) in [6.45, 7) is 1.55. The van der Waals surface area contributed by atoms with E-state index in [1.54, 1.807) is 17.6 Å². The van der Waals surface area contributed by atoms with E-state index in [4.69, 9.17) is 25.3 Å². The number of aliphatic carboxylic acids is 2. The van der Waals surface area contributed by atoms with Gasteiger partial charge in [0.1, 0.15) is 18.7 Å². The number of hydrogen-bond donors (Lipinski definition) is 4. The molecule has 3 aromatic rings. The minimum atomic E-state index is -1.96. The fourth-order valence-corrected chi connectivity index (χ4v) is 5.52. The maximum Gasteiger partial charge on any atom is 0.355 e. The van der Waals surface area contributed by atoms with Gasteiger partial charge in [-0.3, -0.25) is 19.2 Å². The summed E-state index contributed by atoms with van der Waals surface area (Å²) in [6.07, 6.45) is -1.51. The number of nitrogens with zero attached hydrogens (tertiary/aromatic N) is 2. The monoisotopic (exact) mass is 606 g/mol. The van der Waals surface area contributed by atoms with Crippen LogP contribution in [0.25, 0.3) is 22.3 Å². The minimum absolute atomic E-state index is 0.0750. The summed E-state index contributed by atoms with van der Waals surface area (Å²) in [7, 11) is 0. The quantitative estimate of drug-likeness (QED) is 0.177. The molecule has 5 rings (SSSR count). The van der Waals surface area contributed by atoms with Crippen LogP contribution >= 0.6 is 0 Å². The van der Waals surface area contributed by atoms with Crippen molar-refractivity contribution in [3.05, 3.63) is 63.4 Å². The number of benzene rings is 1. The Balaban J connectivity index is 1.38.